The average Bonchev–Trinajstić information content (AvgIpc) is 3.44. The van der Waals surface area contributed by atoms with Crippen LogP contribution in [0.3, 0.4) is 0 Å². The van der Waals surface area contributed by atoms with Crippen LogP contribution in [0.25, 0.3) is 0 Å². The molecule has 0 amide bonds. The SMILES string of the molecule is COc1ccc(CCOc2ccc([C@H]3O[C@H](c4ccc(OCCc5ccc(OC)c(OC)c5)c(OC)c4)[C@H](C)[C@H]3C)cc2OC)cc1OC. The van der Waals surface area contributed by atoms with Crippen molar-refractivity contribution in [1.82, 2.24) is 0 Å². The van der Waals surface area contributed by atoms with Crippen molar-refractivity contribution in [3.05, 3.63) is 95.1 Å². The molecule has 0 aromatic heterocycles. The maximum Gasteiger partial charge on any atom is 0.161 e. The highest BCUT2D eigenvalue weighted by atomic mass is 16.5. The summed E-state index contributed by atoms with van der Waals surface area (Å²) in [5.41, 5.74) is 4.28. The molecule has 0 unspecified atom stereocenters. The summed E-state index contributed by atoms with van der Waals surface area (Å²) < 4.78 is 52.1. The Bertz CT molecular complexity index is 1560. The molecule has 1 aliphatic rings. The smallest absolute Gasteiger partial charge is 0.161 e. The third kappa shape index (κ3) is 8.11. The van der Waals surface area contributed by atoms with Gasteiger partial charge in [0.1, 0.15) is 0 Å². The van der Waals surface area contributed by atoms with Gasteiger partial charge in [-0.3, -0.25) is 0 Å². The molecular weight excluding hydrogens is 624 g/mol. The van der Waals surface area contributed by atoms with Crippen molar-refractivity contribution in [3.63, 3.8) is 0 Å². The molecule has 0 saturated carbocycles. The quantitative estimate of drug-likeness (QED) is 0.117. The van der Waals surface area contributed by atoms with E-state index in [1.54, 1.807) is 42.7 Å². The van der Waals surface area contributed by atoms with E-state index >= 15 is 0 Å². The van der Waals surface area contributed by atoms with E-state index in [1.165, 1.54) is 0 Å². The minimum atomic E-state index is -0.113. The fraction of sp³-hybridized carbons (Fsp3) is 0.400. The summed E-state index contributed by atoms with van der Waals surface area (Å²) in [4.78, 5) is 0. The molecule has 0 N–H and O–H groups in total. The third-order valence-corrected chi connectivity index (χ3v) is 9.30. The van der Waals surface area contributed by atoms with Crippen molar-refractivity contribution >= 4 is 0 Å². The second-order valence-corrected chi connectivity index (χ2v) is 12.1. The minimum Gasteiger partial charge on any atom is -0.493 e. The van der Waals surface area contributed by atoms with E-state index in [4.69, 9.17) is 42.6 Å². The molecule has 1 saturated heterocycles. The van der Waals surface area contributed by atoms with Gasteiger partial charge in [-0.15, -0.1) is 0 Å². The zero-order valence-electron chi connectivity index (χ0n) is 29.7. The first-order chi connectivity index (χ1) is 23.8. The molecular formula is C40H48O9. The summed E-state index contributed by atoms with van der Waals surface area (Å²) in [5.74, 6) is 6.05. The first-order valence-corrected chi connectivity index (χ1v) is 16.5. The van der Waals surface area contributed by atoms with E-state index in [0.717, 1.165) is 22.3 Å². The molecule has 262 valence electrons. The van der Waals surface area contributed by atoms with Crippen molar-refractivity contribution < 1.29 is 42.6 Å². The molecule has 9 nitrogen and oxygen atoms in total. The summed E-state index contributed by atoms with van der Waals surface area (Å²) in [6.45, 7) is 5.44. The highest BCUT2D eigenvalue weighted by Crippen LogP contribution is 2.50. The zero-order chi connectivity index (χ0) is 34.9. The van der Waals surface area contributed by atoms with Crippen molar-refractivity contribution in [3.8, 4) is 46.0 Å². The molecule has 1 fully saturated rings. The van der Waals surface area contributed by atoms with E-state index in [-0.39, 0.29) is 24.0 Å². The van der Waals surface area contributed by atoms with Crippen LogP contribution in [0.1, 0.15) is 48.3 Å². The van der Waals surface area contributed by atoms with Gasteiger partial charge in [0, 0.05) is 12.8 Å². The van der Waals surface area contributed by atoms with Crippen molar-refractivity contribution in [2.24, 2.45) is 11.8 Å². The molecule has 49 heavy (non-hydrogen) atoms. The van der Waals surface area contributed by atoms with Crippen LogP contribution in [0.2, 0.25) is 0 Å². The predicted octanol–water partition coefficient (Wildman–Crippen LogP) is 8.07. The van der Waals surface area contributed by atoms with Gasteiger partial charge in [0.05, 0.1) is 68.1 Å². The maximum absolute atomic E-state index is 6.76. The standard InChI is InChI=1S/C40H48O9/c1-25-26(2)40(30-12-16-34(38(24-30)46-8)48-20-18-28-10-14-32(42-4)36(22-28)44-6)49-39(25)29-11-15-33(37(23-29)45-7)47-19-17-27-9-13-31(41-3)35(21-27)43-5/h9-16,21-26,39-40H,17-20H2,1-8H3/t25-,26-,39+,40+/m1/s1. The lowest BCUT2D eigenvalue weighted by Crippen LogP contribution is -2.10. The fourth-order valence-electron chi connectivity index (χ4n) is 6.31. The highest BCUT2D eigenvalue weighted by molar-refractivity contribution is 5.47. The Kier molecular flexibility index (Phi) is 12.0. The number of hydrogen-bond acceptors (Lipinski definition) is 9. The van der Waals surface area contributed by atoms with Crippen LogP contribution in [-0.4, -0.2) is 55.9 Å². The Labute approximate surface area is 289 Å². The molecule has 1 aliphatic heterocycles. The third-order valence-electron chi connectivity index (χ3n) is 9.30. The van der Waals surface area contributed by atoms with Gasteiger partial charge in [-0.1, -0.05) is 38.1 Å². The molecule has 4 aromatic rings. The van der Waals surface area contributed by atoms with E-state index in [0.29, 0.717) is 72.1 Å². The lowest BCUT2D eigenvalue weighted by Gasteiger charge is -2.19. The van der Waals surface area contributed by atoms with Gasteiger partial charge in [-0.05, 0) is 82.6 Å². The average molecular weight is 673 g/mol. The Hall–Kier alpha value is -4.76. The maximum atomic E-state index is 6.76. The number of rotatable bonds is 16. The fourth-order valence-corrected chi connectivity index (χ4v) is 6.31. The molecule has 5 rings (SSSR count). The summed E-state index contributed by atoms with van der Waals surface area (Å²) in [7, 11) is 9.85. The minimum absolute atomic E-state index is 0.113. The largest absolute Gasteiger partial charge is 0.493 e. The molecule has 0 bridgehead atoms. The zero-order valence-corrected chi connectivity index (χ0v) is 29.7. The van der Waals surface area contributed by atoms with Crippen LogP contribution in [0.5, 0.6) is 46.0 Å². The van der Waals surface area contributed by atoms with E-state index in [1.807, 2.05) is 60.7 Å². The summed E-state index contributed by atoms with van der Waals surface area (Å²) in [5, 5.41) is 0. The van der Waals surface area contributed by atoms with Crippen LogP contribution in [-0.2, 0) is 17.6 Å². The number of ether oxygens (including phenoxy) is 9. The monoisotopic (exact) mass is 672 g/mol. The van der Waals surface area contributed by atoms with Crippen LogP contribution in [0, 0.1) is 11.8 Å². The van der Waals surface area contributed by atoms with Gasteiger partial charge in [0.2, 0.25) is 0 Å². The molecule has 0 aliphatic carbocycles. The Morgan fingerprint density at radius 3 is 1.14 bits per heavy atom. The molecule has 4 aromatic carbocycles. The summed E-state index contributed by atoms with van der Waals surface area (Å²) in [6.07, 6.45) is 1.19. The van der Waals surface area contributed by atoms with Gasteiger partial charge in [0.25, 0.3) is 0 Å². The van der Waals surface area contributed by atoms with Crippen molar-refractivity contribution in [1.29, 1.82) is 0 Å². The molecule has 9 heteroatoms. The number of methoxy groups -OCH3 is 6. The van der Waals surface area contributed by atoms with Crippen LogP contribution >= 0.6 is 0 Å². The molecule has 0 radical (unpaired) electrons. The van der Waals surface area contributed by atoms with E-state index in [9.17, 15) is 0 Å². The first-order valence-electron chi connectivity index (χ1n) is 16.5. The topological polar surface area (TPSA) is 83.1 Å². The van der Waals surface area contributed by atoms with Gasteiger partial charge in [0.15, 0.2) is 46.0 Å². The highest BCUT2D eigenvalue weighted by Gasteiger charge is 2.41. The molecule has 0 spiro atoms. The molecule has 1 heterocycles. The lowest BCUT2D eigenvalue weighted by atomic mass is 9.85. The Balaban J connectivity index is 1.22. The first kappa shape index (κ1) is 35.5. The Morgan fingerprint density at radius 1 is 0.429 bits per heavy atom. The van der Waals surface area contributed by atoms with E-state index < -0.39 is 0 Å². The van der Waals surface area contributed by atoms with Gasteiger partial charge in [-0.2, -0.15) is 0 Å². The second kappa shape index (κ2) is 16.6. The van der Waals surface area contributed by atoms with E-state index in [2.05, 4.69) is 26.0 Å². The van der Waals surface area contributed by atoms with Crippen molar-refractivity contribution in [2.75, 3.05) is 55.9 Å². The number of hydrogen-bond donors (Lipinski definition) is 0. The van der Waals surface area contributed by atoms with Crippen molar-refractivity contribution in [2.45, 2.75) is 38.9 Å². The summed E-state index contributed by atoms with van der Waals surface area (Å²) >= 11 is 0. The van der Waals surface area contributed by atoms with Gasteiger partial charge in [-0.25, -0.2) is 0 Å². The van der Waals surface area contributed by atoms with Crippen LogP contribution in [0.4, 0.5) is 0 Å². The molecule has 4 atom stereocenters. The second-order valence-electron chi connectivity index (χ2n) is 12.1. The number of benzene rings is 4. The van der Waals surface area contributed by atoms with Gasteiger partial charge >= 0.3 is 0 Å². The summed E-state index contributed by atoms with van der Waals surface area (Å²) in [6, 6.07) is 23.9. The van der Waals surface area contributed by atoms with Crippen LogP contribution in [0.15, 0.2) is 72.8 Å². The Morgan fingerprint density at radius 2 is 0.776 bits per heavy atom. The predicted molar refractivity (Wildman–Crippen MR) is 188 cm³/mol. The van der Waals surface area contributed by atoms with Crippen LogP contribution < -0.4 is 37.9 Å². The lowest BCUT2D eigenvalue weighted by molar-refractivity contribution is 0.0287. The van der Waals surface area contributed by atoms with Gasteiger partial charge < -0.3 is 42.6 Å². The normalized spacial score (nSPS) is 18.4.